The van der Waals surface area contributed by atoms with Gasteiger partial charge >= 0.3 is 12.4 Å². The molecule has 1 aromatic carbocycles. The van der Waals surface area contributed by atoms with Crippen LogP contribution in [0.1, 0.15) is 5.56 Å². The molecular formula is C15H14F3N3O3. The summed E-state index contributed by atoms with van der Waals surface area (Å²) in [6.45, 7) is 0.179. The zero-order valence-corrected chi connectivity index (χ0v) is 12.6. The van der Waals surface area contributed by atoms with Crippen LogP contribution < -0.4 is 20.1 Å². The number of pyridine rings is 1. The van der Waals surface area contributed by atoms with Crippen LogP contribution in [0.3, 0.4) is 0 Å². The van der Waals surface area contributed by atoms with E-state index in [1.54, 1.807) is 18.3 Å². The third kappa shape index (κ3) is 5.34. The normalized spacial score (nSPS) is 10.8. The number of hydrogen-bond donors (Lipinski definition) is 2. The maximum Gasteiger partial charge on any atom is 0.573 e. The summed E-state index contributed by atoms with van der Waals surface area (Å²) in [4.78, 5) is 15.8. The summed E-state index contributed by atoms with van der Waals surface area (Å²) in [5.41, 5.74) is 1.00. The summed E-state index contributed by atoms with van der Waals surface area (Å²) < 4.78 is 45.0. The lowest BCUT2D eigenvalue weighted by Gasteiger charge is -2.11. The van der Waals surface area contributed by atoms with Gasteiger partial charge in [0.25, 0.3) is 0 Å². The standard InChI is InChI=1S/C15H14F3N3O3/c1-23-13-10(3-2-8-19-13)9-20-14(22)21-11-4-6-12(7-5-11)24-15(16,17)18/h2-8H,9H2,1H3,(H2,20,21,22). The first kappa shape index (κ1) is 17.4. The number of hydrogen-bond acceptors (Lipinski definition) is 4. The third-order valence-corrected chi connectivity index (χ3v) is 2.83. The maximum atomic E-state index is 12.1. The number of rotatable bonds is 5. The van der Waals surface area contributed by atoms with E-state index in [-0.39, 0.29) is 12.3 Å². The molecule has 0 bridgehead atoms. The van der Waals surface area contributed by atoms with Gasteiger partial charge in [-0.2, -0.15) is 0 Å². The molecule has 2 N–H and O–H groups in total. The SMILES string of the molecule is COc1ncccc1CNC(=O)Nc1ccc(OC(F)(F)F)cc1. The Balaban J connectivity index is 1.88. The van der Waals surface area contributed by atoms with E-state index in [4.69, 9.17) is 4.74 Å². The molecule has 0 spiro atoms. The van der Waals surface area contributed by atoms with Crippen LogP contribution in [0.25, 0.3) is 0 Å². The molecular weight excluding hydrogens is 327 g/mol. The Bertz CT molecular complexity index is 690. The Hall–Kier alpha value is -2.97. The van der Waals surface area contributed by atoms with Crippen LogP contribution in [0.15, 0.2) is 42.6 Å². The van der Waals surface area contributed by atoms with Crippen LogP contribution >= 0.6 is 0 Å². The zero-order valence-electron chi connectivity index (χ0n) is 12.6. The number of amides is 2. The number of aromatic nitrogens is 1. The summed E-state index contributed by atoms with van der Waals surface area (Å²) in [7, 11) is 1.47. The molecule has 0 saturated heterocycles. The smallest absolute Gasteiger partial charge is 0.481 e. The Morgan fingerprint density at radius 1 is 1.21 bits per heavy atom. The predicted molar refractivity (Wildman–Crippen MR) is 79.8 cm³/mol. The molecule has 0 unspecified atom stereocenters. The maximum absolute atomic E-state index is 12.1. The van der Waals surface area contributed by atoms with E-state index in [1.807, 2.05) is 0 Å². The number of anilines is 1. The van der Waals surface area contributed by atoms with E-state index in [9.17, 15) is 18.0 Å². The molecule has 0 atom stereocenters. The molecule has 0 radical (unpaired) electrons. The molecule has 0 aliphatic carbocycles. The second kappa shape index (κ2) is 7.53. The Morgan fingerprint density at radius 3 is 2.54 bits per heavy atom. The molecule has 24 heavy (non-hydrogen) atoms. The average Bonchev–Trinajstić information content (AvgIpc) is 2.53. The minimum absolute atomic E-state index is 0.179. The van der Waals surface area contributed by atoms with Crippen molar-refractivity contribution < 1.29 is 27.4 Å². The summed E-state index contributed by atoms with van der Waals surface area (Å²) >= 11 is 0. The second-order valence-electron chi connectivity index (χ2n) is 4.55. The zero-order chi connectivity index (χ0) is 17.6. The lowest BCUT2D eigenvalue weighted by molar-refractivity contribution is -0.274. The monoisotopic (exact) mass is 341 g/mol. The fraction of sp³-hybridized carbons (Fsp3) is 0.200. The Kier molecular flexibility index (Phi) is 5.46. The molecule has 1 aromatic heterocycles. The van der Waals surface area contributed by atoms with E-state index < -0.39 is 12.4 Å². The van der Waals surface area contributed by atoms with Gasteiger partial charge in [-0.15, -0.1) is 13.2 Å². The molecule has 0 fully saturated rings. The van der Waals surface area contributed by atoms with Gasteiger partial charge in [0.2, 0.25) is 5.88 Å². The number of methoxy groups -OCH3 is 1. The average molecular weight is 341 g/mol. The number of nitrogens with zero attached hydrogens (tertiary/aromatic N) is 1. The number of benzene rings is 1. The van der Waals surface area contributed by atoms with Crippen molar-refractivity contribution in [3.05, 3.63) is 48.2 Å². The molecule has 0 saturated carbocycles. The van der Waals surface area contributed by atoms with Gasteiger partial charge in [-0.1, -0.05) is 6.07 Å². The molecule has 0 aliphatic heterocycles. The fourth-order valence-corrected chi connectivity index (χ4v) is 1.83. The minimum Gasteiger partial charge on any atom is -0.481 e. The first-order valence-electron chi connectivity index (χ1n) is 6.76. The number of nitrogens with one attached hydrogen (secondary N) is 2. The predicted octanol–water partition coefficient (Wildman–Crippen LogP) is 3.31. The topological polar surface area (TPSA) is 72.5 Å². The van der Waals surface area contributed by atoms with E-state index >= 15 is 0 Å². The van der Waals surface area contributed by atoms with Crippen LogP contribution in [0, 0.1) is 0 Å². The van der Waals surface area contributed by atoms with Crippen molar-refractivity contribution in [2.24, 2.45) is 0 Å². The van der Waals surface area contributed by atoms with E-state index in [1.165, 1.54) is 19.2 Å². The van der Waals surface area contributed by atoms with Gasteiger partial charge in [0.1, 0.15) is 5.75 Å². The number of carbonyl (C=O) groups excluding carboxylic acids is 1. The largest absolute Gasteiger partial charge is 0.573 e. The molecule has 1 heterocycles. The number of alkyl halides is 3. The highest BCUT2D eigenvalue weighted by Gasteiger charge is 2.30. The number of carbonyl (C=O) groups is 1. The van der Waals surface area contributed by atoms with Crippen molar-refractivity contribution in [1.82, 2.24) is 10.3 Å². The molecule has 6 nitrogen and oxygen atoms in total. The van der Waals surface area contributed by atoms with Crippen LogP contribution in [-0.4, -0.2) is 24.5 Å². The lowest BCUT2D eigenvalue weighted by atomic mass is 10.2. The molecule has 0 aliphatic rings. The quantitative estimate of drug-likeness (QED) is 0.875. The molecule has 2 aromatic rings. The van der Waals surface area contributed by atoms with Gasteiger partial charge in [0, 0.05) is 24.0 Å². The van der Waals surface area contributed by atoms with Crippen LogP contribution in [0.2, 0.25) is 0 Å². The van der Waals surface area contributed by atoms with Gasteiger partial charge in [-0.05, 0) is 30.3 Å². The van der Waals surface area contributed by atoms with Gasteiger partial charge in [-0.25, -0.2) is 9.78 Å². The third-order valence-electron chi connectivity index (χ3n) is 2.83. The van der Waals surface area contributed by atoms with Crippen LogP contribution in [0.5, 0.6) is 11.6 Å². The second-order valence-corrected chi connectivity index (χ2v) is 4.55. The van der Waals surface area contributed by atoms with Crippen LogP contribution in [0.4, 0.5) is 23.7 Å². The molecule has 2 rings (SSSR count). The lowest BCUT2D eigenvalue weighted by Crippen LogP contribution is -2.28. The highest BCUT2D eigenvalue weighted by molar-refractivity contribution is 5.89. The van der Waals surface area contributed by atoms with Crippen molar-refractivity contribution in [3.63, 3.8) is 0 Å². The summed E-state index contributed by atoms with van der Waals surface area (Å²) in [6.07, 6.45) is -3.19. The summed E-state index contributed by atoms with van der Waals surface area (Å²) in [5.74, 6) is 0.0278. The van der Waals surface area contributed by atoms with Crippen LogP contribution in [-0.2, 0) is 6.54 Å². The van der Waals surface area contributed by atoms with Crippen molar-refractivity contribution in [2.75, 3.05) is 12.4 Å². The van der Waals surface area contributed by atoms with Crippen molar-refractivity contribution in [1.29, 1.82) is 0 Å². The first-order valence-corrected chi connectivity index (χ1v) is 6.76. The molecule has 128 valence electrons. The number of ether oxygens (including phenoxy) is 2. The summed E-state index contributed by atoms with van der Waals surface area (Å²) in [6, 6.07) is 7.73. The number of halogens is 3. The fourth-order valence-electron chi connectivity index (χ4n) is 1.83. The highest BCUT2D eigenvalue weighted by Crippen LogP contribution is 2.23. The van der Waals surface area contributed by atoms with Crippen molar-refractivity contribution in [2.45, 2.75) is 12.9 Å². The van der Waals surface area contributed by atoms with Gasteiger partial charge in [0.15, 0.2) is 0 Å². The number of urea groups is 1. The molecule has 2 amide bonds. The minimum atomic E-state index is -4.75. The highest BCUT2D eigenvalue weighted by atomic mass is 19.4. The van der Waals surface area contributed by atoms with E-state index in [0.29, 0.717) is 17.1 Å². The molecule has 9 heteroatoms. The van der Waals surface area contributed by atoms with Gasteiger partial charge in [-0.3, -0.25) is 0 Å². The van der Waals surface area contributed by atoms with Gasteiger partial charge < -0.3 is 20.1 Å². The van der Waals surface area contributed by atoms with Crippen molar-refractivity contribution in [3.8, 4) is 11.6 Å². The van der Waals surface area contributed by atoms with E-state index in [2.05, 4.69) is 20.4 Å². The van der Waals surface area contributed by atoms with Crippen molar-refractivity contribution >= 4 is 11.7 Å². The van der Waals surface area contributed by atoms with Gasteiger partial charge in [0.05, 0.1) is 7.11 Å². The first-order chi connectivity index (χ1) is 11.4. The Labute approximate surface area is 135 Å². The summed E-state index contributed by atoms with van der Waals surface area (Å²) in [5, 5.41) is 5.09. The van der Waals surface area contributed by atoms with E-state index in [0.717, 1.165) is 12.1 Å². The Morgan fingerprint density at radius 2 is 1.92 bits per heavy atom.